The Kier molecular flexibility index (Phi) is 1.39. The van der Waals surface area contributed by atoms with E-state index in [1.54, 1.807) is 0 Å². The largest absolute Gasteiger partial charge is 0.330 e. The maximum absolute atomic E-state index is 6.00. The van der Waals surface area contributed by atoms with Crippen molar-refractivity contribution in [1.82, 2.24) is 0 Å². The maximum Gasteiger partial charge on any atom is -0.00151 e. The number of rotatable bonds is 2. The van der Waals surface area contributed by atoms with Crippen LogP contribution in [0.1, 0.15) is 38.5 Å². The molecule has 68 valence electrons. The third-order valence-electron chi connectivity index (χ3n) is 4.79. The molecule has 1 heteroatoms. The van der Waals surface area contributed by atoms with Gasteiger partial charge in [0.2, 0.25) is 0 Å². The van der Waals surface area contributed by atoms with E-state index in [0.29, 0.717) is 5.41 Å². The van der Waals surface area contributed by atoms with Crippen molar-refractivity contribution in [2.24, 2.45) is 28.9 Å². The van der Waals surface area contributed by atoms with Crippen LogP contribution in [0.2, 0.25) is 0 Å². The molecule has 1 nitrogen and oxygen atoms in total. The van der Waals surface area contributed by atoms with Crippen LogP contribution in [0.3, 0.4) is 0 Å². The molecule has 0 heterocycles. The van der Waals surface area contributed by atoms with E-state index in [2.05, 4.69) is 0 Å². The van der Waals surface area contributed by atoms with Crippen LogP contribution in [0.4, 0.5) is 0 Å². The summed E-state index contributed by atoms with van der Waals surface area (Å²) >= 11 is 0. The molecule has 0 amide bonds. The molecule has 0 aromatic heterocycles. The Labute approximate surface area is 74.7 Å². The Bertz CT molecular complexity index is 197. The molecule has 0 aromatic rings. The van der Waals surface area contributed by atoms with E-state index in [1.165, 1.54) is 38.5 Å². The SMILES string of the molecule is NCC1(C2CC2)CC2CCC1C2. The molecule has 0 aliphatic heterocycles. The summed E-state index contributed by atoms with van der Waals surface area (Å²) in [5.41, 5.74) is 6.64. The van der Waals surface area contributed by atoms with Gasteiger partial charge < -0.3 is 5.73 Å². The molecule has 3 aliphatic rings. The van der Waals surface area contributed by atoms with Crippen molar-refractivity contribution >= 4 is 0 Å². The first-order chi connectivity index (χ1) is 5.85. The highest BCUT2D eigenvalue weighted by Gasteiger charge is 2.56. The lowest BCUT2D eigenvalue weighted by Gasteiger charge is -2.37. The van der Waals surface area contributed by atoms with Gasteiger partial charge in [-0.3, -0.25) is 0 Å². The van der Waals surface area contributed by atoms with Gasteiger partial charge in [0.05, 0.1) is 0 Å². The first kappa shape index (κ1) is 7.37. The summed E-state index contributed by atoms with van der Waals surface area (Å²) in [5.74, 6) is 3.14. The second kappa shape index (κ2) is 2.25. The average Bonchev–Trinajstić information content (AvgIpc) is 2.78. The van der Waals surface area contributed by atoms with Crippen molar-refractivity contribution < 1.29 is 0 Å². The highest BCUT2D eigenvalue weighted by molar-refractivity contribution is 5.07. The summed E-state index contributed by atoms with van der Waals surface area (Å²) in [5, 5.41) is 0. The second-order valence-electron chi connectivity index (χ2n) is 5.29. The fourth-order valence-electron chi connectivity index (χ4n) is 4.06. The number of nitrogens with two attached hydrogens (primary N) is 1. The molecular formula is C11H19N. The van der Waals surface area contributed by atoms with Crippen molar-refractivity contribution in [3.63, 3.8) is 0 Å². The minimum Gasteiger partial charge on any atom is -0.330 e. The second-order valence-corrected chi connectivity index (χ2v) is 5.29. The molecule has 3 saturated carbocycles. The third-order valence-corrected chi connectivity index (χ3v) is 4.79. The van der Waals surface area contributed by atoms with Gasteiger partial charge in [-0.15, -0.1) is 0 Å². The molecule has 0 spiro atoms. The Morgan fingerprint density at radius 1 is 1.08 bits per heavy atom. The minimum absolute atomic E-state index is 0.642. The van der Waals surface area contributed by atoms with Crippen LogP contribution in [0, 0.1) is 23.2 Å². The lowest BCUT2D eigenvalue weighted by atomic mass is 9.69. The molecule has 3 rings (SSSR count). The van der Waals surface area contributed by atoms with E-state index in [9.17, 15) is 0 Å². The number of hydrogen-bond acceptors (Lipinski definition) is 1. The molecule has 12 heavy (non-hydrogen) atoms. The van der Waals surface area contributed by atoms with Crippen LogP contribution in [0.15, 0.2) is 0 Å². The van der Waals surface area contributed by atoms with Crippen molar-refractivity contribution in [3.8, 4) is 0 Å². The highest BCUT2D eigenvalue weighted by Crippen LogP contribution is 2.64. The lowest BCUT2D eigenvalue weighted by molar-refractivity contribution is 0.139. The van der Waals surface area contributed by atoms with Crippen LogP contribution in [-0.2, 0) is 0 Å². The zero-order valence-corrected chi connectivity index (χ0v) is 7.76. The summed E-state index contributed by atoms with van der Waals surface area (Å²) in [6, 6.07) is 0. The van der Waals surface area contributed by atoms with Gasteiger partial charge in [0.15, 0.2) is 0 Å². The monoisotopic (exact) mass is 165 g/mol. The Balaban J connectivity index is 1.88. The standard InChI is InChI=1S/C11H19N/c12-7-11(9-3-4-9)6-8-1-2-10(11)5-8/h8-10H,1-7,12H2. The zero-order chi connectivity index (χ0) is 8.18. The smallest absolute Gasteiger partial charge is 0.00151 e. The predicted molar refractivity (Wildman–Crippen MR) is 49.7 cm³/mol. The molecule has 2 bridgehead atoms. The summed E-state index contributed by atoms with van der Waals surface area (Å²) in [6.07, 6.45) is 8.99. The third kappa shape index (κ3) is 0.783. The molecule has 3 fully saturated rings. The van der Waals surface area contributed by atoms with E-state index < -0.39 is 0 Å². The first-order valence-corrected chi connectivity index (χ1v) is 5.55. The van der Waals surface area contributed by atoms with E-state index in [0.717, 1.165) is 24.3 Å². The molecule has 2 N–H and O–H groups in total. The predicted octanol–water partition coefficient (Wildman–Crippen LogP) is 2.16. The molecule has 0 saturated heterocycles. The normalized spacial score (nSPS) is 51.8. The molecular weight excluding hydrogens is 146 g/mol. The minimum atomic E-state index is 0.642. The van der Waals surface area contributed by atoms with Gasteiger partial charge in [0.25, 0.3) is 0 Å². The Morgan fingerprint density at radius 2 is 1.83 bits per heavy atom. The first-order valence-electron chi connectivity index (χ1n) is 5.55. The van der Waals surface area contributed by atoms with Gasteiger partial charge in [-0.05, 0) is 61.8 Å². The highest BCUT2D eigenvalue weighted by atomic mass is 14.7. The van der Waals surface area contributed by atoms with E-state index in [-0.39, 0.29) is 0 Å². The van der Waals surface area contributed by atoms with E-state index in [4.69, 9.17) is 5.73 Å². The van der Waals surface area contributed by atoms with Crippen LogP contribution >= 0.6 is 0 Å². The summed E-state index contributed by atoms with van der Waals surface area (Å²) in [7, 11) is 0. The van der Waals surface area contributed by atoms with Crippen molar-refractivity contribution in [2.45, 2.75) is 38.5 Å². The summed E-state index contributed by atoms with van der Waals surface area (Å²) in [4.78, 5) is 0. The van der Waals surface area contributed by atoms with Crippen LogP contribution in [0.5, 0.6) is 0 Å². The lowest BCUT2D eigenvalue weighted by Crippen LogP contribution is -2.37. The van der Waals surface area contributed by atoms with Crippen LogP contribution in [0.25, 0.3) is 0 Å². The molecule has 0 radical (unpaired) electrons. The van der Waals surface area contributed by atoms with E-state index in [1.807, 2.05) is 0 Å². The Hall–Kier alpha value is -0.0400. The fraction of sp³-hybridized carbons (Fsp3) is 1.00. The van der Waals surface area contributed by atoms with Crippen molar-refractivity contribution in [1.29, 1.82) is 0 Å². The van der Waals surface area contributed by atoms with Gasteiger partial charge in [-0.1, -0.05) is 6.42 Å². The van der Waals surface area contributed by atoms with Gasteiger partial charge >= 0.3 is 0 Å². The number of fused-ring (bicyclic) bond motifs is 2. The fourth-order valence-corrected chi connectivity index (χ4v) is 4.06. The topological polar surface area (TPSA) is 26.0 Å². The Morgan fingerprint density at radius 3 is 2.25 bits per heavy atom. The molecule has 0 aromatic carbocycles. The van der Waals surface area contributed by atoms with Gasteiger partial charge in [0.1, 0.15) is 0 Å². The van der Waals surface area contributed by atoms with Crippen LogP contribution in [-0.4, -0.2) is 6.54 Å². The van der Waals surface area contributed by atoms with Gasteiger partial charge in [-0.25, -0.2) is 0 Å². The molecule has 3 aliphatic carbocycles. The summed E-state index contributed by atoms with van der Waals surface area (Å²) < 4.78 is 0. The van der Waals surface area contributed by atoms with Gasteiger partial charge in [0, 0.05) is 0 Å². The maximum atomic E-state index is 6.00. The van der Waals surface area contributed by atoms with E-state index >= 15 is 0 Å². The summed E-state index contributed by atoms with van der Waals surface area (Å²) in [6.45, 7) is 0.985. The quantitative estimate of drug-likeness (QED) is 0.666. The molecule has 3 unspecified atom stereocenters. The van der Waals surface area contributed by atoms with Crippen LogP contribution < -0.4 is 5.73 Å². The van der Waals surface area contributed by atoms with Crippen molar-refractivity contribution in [2.75, 3.05) is 6.54 Å². The van der Waals surface area contributed by atoms with Crippen molar-refractivity contribution in [3.05, 3.63) is 0 Å². The van der Waals surface area contributed by atoms with Gasteiger partial charge in [-0.2, -0.15) is 0 Å². The number of hydrogen-bond donors (Lipinski definition) is 1. The molecule has 3 atom stereocenters. The average molecular weight is 165 g/mol. The zero-order valence-electron chi connectivity index (χ0n) is 7.76.